The van der Waals surface area contributed by atoms with Crippen molar-refractivity contribution in [1.82, 2.24) is 9.97 Å². The van der Waals surface area contributed by atoms with E-state index in [1.165, 1.54) is 0 Å². The molecule has 0 aliphatic carbocycles. The van der Waals surface area contributed by atoms with Crippen molar-refractivity contribution in [3.8, 4) is 0 Å². The third-order valence-corrected chi connectivity index (χ3v) is 4.47. The van der Waals surface area contributed by atoms with Crippen molar-refractivity contribution in [3.63, 3.8) is 0 Å². The zero-order chi connectivity index (χ0) is 14.2. The van der Waals surface area contributed by atoms with Crippen LogP contribution in [0, 0.1) is 0 Å². The molecule has 1 aromatic carbocycles. The van der Waals surface area contributed by atoms with E-state index in [9.17, 15) is 0 Å². The van der Waals surface area contributed by atoms with E-state index < -0.39 is 0 Å². The first-order chi connectivity index (χ1) is 10.3. The third kappa shape index (κ3) is 2.29. The molecule has 7 heteroatoms. The Kier molecular flexibility index (Phi) is 2.92. The molecule has 21 heavy (non-hydrogen) atoms. The fourth-order valence-corrected chi connectivity index (χ4v) is 3.22. The number of anilines is 3. The Morgan fingerprint density at radius 2 is 1.95 bits per heavy atom. The minimum atomic E-state index is 0.675. The summed E-state index contributed by atoms with van der Waals surface area (Å²) in [5, 5.41) is 3.09. The van der Waals surface area contributed by atoms with Crippen molar-refractivity contribution in [3.05, 3.63) is 29.8 Å². The van der Waals surface area contributed by atoms with Gasteiger partial charge in [0.1, 0.15) is 5.52 Å². The second-order valence-electron chi connectivity index (χ2n) is 5.01. The minimum Gasteiger partial charge on any atom is -0.423 e. The molecule has 1 aliphatic rings. The highest BCUT2D eigenvalue weighted by Gasteiger charge is 2.22. The lowest BCUT2D eigenvalue weighted by atomic mass is 10.3. The molecular formula is C14H15N5OS. The molecule has 0 bridgehead atoms. The van der Waals surface area contributed by atoms with Crippen LogP contribution in [0.2, 0.25) is 0 Å². The topological polar surface area (TPSA) is 71.4 Å². The molecule has 2 N–H and O–H groups in total. The third-order valence-electron chi connectivity index (χ3n) is 3.64. The summed E-state index contributed by atoms with van der Waals surface area (Å²) in [4.78, 5) is 13.4. The van der Waals surface area contributed by atoms with Crippen LogP contribution in [-0.2, 0) is 0 Å². The lowest BCUT2D eigenvalue weighted by molar-refractivity contribution is 0.542. The monoisotopic (exact) mass is 301 g/mol. The number of benzene rings is 1. The van der Waals surface area contributed by atoms with Gasteiger partial charge >= 0.3 is 0 Å². The number of nitrogens with two attached hydrogens (primary N) is 1. The van der Waals surface area contributed by atoms with Gasteiger partial charge in [0.05, 0.1) is 0 Å². The predicted molar refractivity (Wildman–Crippen MR) is 85.0 cm³/mol. The van der Waals surface area contributed by atoms with Crippen molar-refractivity contribution in [1.29, 1.82) is 0 Å². The van der Waals surface area contributed by atoms with E-state index in [4.69, 9.17) is 10.2 Å². The molecule has 1 saturated heterocycles. The first kappa shape index (κ1) is 12.5. The quantitative estimate of drug-likeness (QED) is 0.732. The Hall–Kier alpha value is -2.28. The zero-order valence-electron chi connectivity index (χ0n) is 11.4. The fourth-order valence-electron chi connectivity index (χ4n) is 2.53. The Labute approximate surface area is 125 Å². The molecular weight excluding hydrogens is 286 g/mol. The standard InChI is InChI=1S/C14H15N5OS/c15-10-1-2-11-12(9-10)20-13(17-11)18-4-6-19(7-5-18)14-16-3-8-21-14/h1-3,8-9H,4-7,15H2. The molecule has 0 saturated carbocycles. The zero-order valence-corrected chi connectivity index (χ0v) is 12.2. The van der Waals surface area contributed by atoms with E-state index >= 15 is 0 Å². The molecule has 0 amide bonds. The van der Waals surface area contributed by atoms with Gasteiger partial charge in [-0.2, -0.15) is 4.98 Å². The summed E-state index contributed by atoms with van der Waals surface area (Å²) in [6.45, 7) is 3.60. The van der Waals surface area contributed by atoms with Gasteiger partial charge in [-0.15, -0.1) is 11.3 Å². The minimum absolute atomic E-state index is 0.675. The van der Waals surface area contributed by atoms with Crippen LogP contribution in [0.3, 0.4) is 0 Å². The maximum Gasteiger partial charge on any atom is 0.298 e. The predicted octanol–water partition coefficient (Wildman–Crippen LogP) is 2.19. The SMILES string of the molecule is Nc1ccc2nc(N3CCN(c4nccs4)CC3)oc2c1. The molecule has 4 rings (SSSR count). The number of oxazole rings is 1. The van der Waals surface area contributed by atoms with Gasteiger partial charge in [0.2, 0.25) is 0 Å². The summed E-state index contributed by atoms with van der Waals surface area (Å²) in [6, 6.07) is 6.23. The van der Waals surface area contributed by atoms with Crippen molar-refractivity contribution in [2.24, 2.45) is 0 Å². The van der Waals surface area contributed by atoms with Crippen LogP contribution < -0.4 is 15.5 Å². The average molecular weight is 301 g/mol. The van der Waals surface area contributed by atoms with Crippen LogP contribution in [0.5, 0.6) is 0 Å². The molecule has 0 unspecified atom stereocenters. The molecule has 2 aromatic heterocycles. The van der Waals surface area contributed by atoms with Crippen molar-refractivity contribution in [2.45, 2.75) is 0 Å². The van der Waals surface area contributed by atoms with Gasteiger partial charge < -0.3 is 20.0 Å². The molecule has 6 nitrogen and oxygen atoms in total. The van der Waals surface area contributed by atoms with Crippen LogP contribution >= 0.6 is 11.3 Å². The summed E-state index contributed by atoms with van der Waals surface area (Å²) in [6.07, 6.45) is 1.84. The number of nitrogen functional groups attached to an aromatic ring is 1. The van der Waals surface area contributed by atoms with E-state index in [-0.39, 0.29) is 0 Å². The number of thiazole rings is 1. The summed E-state index contributed by atoms with van der Waals surface area (Å²) in [5.74, 6) is 0. The highest BCUT2D eigenvalue weighted by Crippen LogP contribution is 2.26. The number of fused-ring (bicyclic) bond motifs is 1. The van der Waals surface area contributed by atoms with Crippen LogP contribution in [0.4, 0.5) is 16.8 Å². The number of nitrogens with zero attached hydrogens (tertiary/aromatic N) is 4. The van der Waals surface area contributed by atoms with Crippen LogP contribution in [0.1, 0.15) is 0 Å². The van der Waals surface area contributed by atoms with Gasteiger partial charge in [-0.05, 0) is 12.1 Å². The van der Waals surface area contributed by atoms with E-state index in [0.717, 1.165) is 42.4 Å². The summed E-state index contributed by atoms with van der Waals surface area (Å²) in [7, 11) is 0. The van der Waals surface area contributed by atoms with E-state index in [1.54, 1.807) is 11.3 Å². The van der Waals surface area contributed by atoms with Crippen molar-refractivity contribution >= 4 is 39.3 Å². The van der Waals surface area contributed by atoms with Gasteiger partial charge in [0.25, 0.3) is 6.01 Å². The molecule has 0 atom stereocenters. The molecule has 3 heterocycles. The smallest absolute Gasteiger partial charge is 0.298 e. The number of hydrogen-bond donors (Lipinski definition) is 1. The molecule has 108 valence electrons. The second-order valence-corrected chi connectivity index (χ2v) is 5.89. The summed E-state index contributed by atoms with van der Waals surface area (Å²) >= 11 is 1.68. The lowest BCUT2D eigenvalue weighted by Gasteiger charge is -2.33. The Bertz CT molecular complexity index is 746. The molecule has 3 aromatic rings. The lowest BCUT2D eigenvalue weighted by Crippen LogP contribution is -2.46. The van der Waals surface area contributed by atoms with Crippen LogP contribution in [0.25, 0.3) is 11.1 Å². The maximum atomic E-state index is 5.82. The van der Waals surface area contributed by atoms with Crippen LogP contribution in [-0.4, -0.2) is 36.1 Å². The van der Waals surface area contributed by atoms with Crippen LogP contribution in [0.15, 0.2) is 34.2 Å². The number of hydrogen-bond acceptors (Lipinski definition) is 7. The Balaban J connectivity index is 1.52. The van der Waals surface area contributed by atoms with Crippen molar-refractivity contribution < 1.29 is 4.42 Å². The first-order valence-electron chi connectivity index (χ1n) is 6.85. The molecule has 1 aliphatic heterocycles. The number of rotatable bonds is 2. The fraction of sp³-hybridized carbons (Fsp3) is 0.286. The highest BCUT2D eigenvalue weighted by atomic mass is 32.1. The van der Waals surface area contributed by atoms with E-state index in [0.29, 0.717) is 11.7 Å². The Morgan fingerprint density at radius 1 is 1.14 bits per heavy atom. The van der Waals surface area contributed by atoms with Gasteiger partial charge in [-0.25, -0.2) is 4.98 Å². The highest BCUT2D eigenvalue weighted by molar-refractivity contribution is 7.13. The number of piperazine rings is 1. The van der Waals surface area contributed by atoms with Gasteiger partial charge in [-0.1, -0.05) is 0 Å². The summed E-state index contributed by atoms with van der Waals surface area (Å²) < 4.78 is 5.82. The van der Waals surface area contributed by atoms with Gasteiger partial charge in [0.15, 0.2) is 10.7 Å². The second kappa shape index (κ2) is 4.92. The first-order valence-corrected chi connectivity index (χ1v) is 7.73. The van der Waals surface area contributed by atoms with E-state index in [1.807, 2.05) is 29.8 Å². The van der Waals surface area contributed by atoms with E-state index in [2.05, 4.69) is 19.8 Å². The largest absolute Gasteiger partial charge is 0.423 e. The summed E-state index contributed by atoms with van der Waals surface area (Å²) in [5.41, 5.74) is 8.06. The molecule has 0 radical (unpaired) electrons. The normalized spacial score (nSPS) is 15.8. The maximum absolute atomic E-state index is 5.82. The molecule has 1 fully saturated rings. The number of aromatic nitrogens is 2. The van der Waals surface area contributed by atoms with Gasteiger partial charge in [0, 0.05) is 49.5 Å². The van der Waals surface area contributed by atoms with Crippen molar-refractivity contribution in [2.75, 3.05) is 41.7 Å². The van der Waals surface area contributed by atoms with Gasteiger partial charge in [-0.3, -0.25) is 0 Å². The Morgan fingerprint density at radius 3 is 2.71 bits per heavy atom. The molecule has 0 spiro atoms. The average Bonchev–Trinajstić information content (AvgIpc) is 3.16.